The standard InChI is InChI=1S/C20H19N3O4/c1-13(18-22-16-10-6-5-9-15(16)20(26)23-18)27-17(24)11-12-21-19(25)14-7-3-2-4-8-14/h2-10,13H,11-12H2,1H3,(H,21,25)(H,22,23,26)/t13-/m1/s1. The lowest BCUT2D eigenvalue weighted by Gasteiger charge is -2.13. The molecule has 7 nitrogen and oxygen atoms in total. The zero-order valence-corrected chi connectivity index (χ0v) is 14.8. The molecule has 0 radical (unpaired) electrons. The fourth-order valence-corrected chi connectivity index (χ4v) is 2.58. The molecule has 27 heavy (non-hydrogen) atoms. The number of hydrogen-bond donors (Lipinski definition) is 2. The molecule has 7 heteroatoms. The number of ether oxygens (including phenoxy) is 1. The van der Waals surface area contributed by atoms with Crippen LogP contribution in [0.5, 0.6) is 0 Å². The minimum atomic E-state index is -0.709. The predicted molar refractivity (Wildman–Crippen MR) is 100 cm³/mol. The van der Waals surface area contributed by atoms with Crippen molar-refractivity contribution in [2.75, 3.05) is 6.54 Å². The second kappa shape index (κ2) is 8.27. The Labute approximate surface area is 155 Å². The molecule has 1 atom stereocenters. The van der Waals surface area contributed by atoms with Gasteiger partial charge in [-0.2, -0.15) is 0 Å². The Morgan fingerprint density at radius 2 is 1.81 bits per heavy atom. The molecule has 2 aromatic carbocycles. The maximum absolute atomic E-state index is 12.1. The number of carbonyl (C=O) groups excluding carboxylic acids is 2. The summed E-state index contributed by atoms with van der Waals surface area (Å²) in [5.41, 5.74) is 0.778. The maximum Gasteiger partial charge on any atom is 0.308 e. The van der Waals surface area contributed by atoms with Crippen molar-refractivity contribution in [3.8, 4) is 0 Å². The first-order chi connectivity index (χ1) is 13.0. The SMILES string of the molecule is C[C@@H](OC(=O)CCNC(=O)c1ccccc1)c1nc2ccccc2c(=O)[nH]1. The lowest BCUT2D eigenvalue weighted by Crippen LogP contribution is -2.27. The third-order valence-electron chi connectivity index (χ3n) is 3.98. The third-order valence-corrected chi connectivity index (χ3v) is 3.98. The second-order valence-electron chi connectivity index (χ2n) is 5.97. The molecule has 3 aromatic rings. The number of rotatable bonds is 6. The van der Waals surface area contributed by atoms with Crippen molar-refractivity contribution in [2.24, 2.45) is 0 Å². The number of carbonyl (C=O) groups is 2. The number of amides is 1. The molecule has 0 aliphatic heterocycles. The van der Waals surface area contributed by atoms with Crippen molar-refractivity contribution >= 4 is 22.8 Å². The van der Waals surface area contributed by atoms with Gasteiger partial charge in [-0.25, -0.2) is 4.98 Å². The van der Waals surface area contributed by atoms with Crippen molar-refractivity contribution in [2.45, 2.75) is 19.4 Å². The average Bonchev–Trinajstić information content (AvgIpc) is 2.68. The number of nitrogens with one attached hydrogen (secondary N) is 2. The summed E-state index contributed by atoms with van der Waals surface area (Å²) in [6.07, 6.45) is -0.694. The number of fused-ring (bicyclic) bond motifs is 1. The Hall–Kier alpha value is -3.48. The van der Waals surface area contributed by atoms with Crippen molar-refractivity contribution in [1.29, 1.82) is 0 Å². The number of para-hydroxylation sites is 1. The highest BCUT2D eigenvalue weighted by molar-refractivity contribution is 5.94. The molecular weight excluding hydrogens is 346 g/mol. The van der Waals surface area contributed by atoms with Gasteiger partial charge < -0.3 is 15.0 Å². The van der Waals surface area contributed by atoms with Crippen LogP contribution in [0.3, 0.4) is 0 Å². The fraction of sp³-hybridized carbons (Fsp3) is 0.200. The fourth-order valence-electron chi connectivity index (χ4n) is 2.58. The lowest BCUT2D eigenvalue weighted by molar-refractivity contribution is -0.148. The summed E-state index contributed by atoms with van der Waals surface area (Å²) in [5, 5.41) is 3.14. The van der Waals surface area contributed by atoms with Crippen LogP contribution in [0.4, 0.5) is 0 Å². The summed E-state index contributed by atoms with van der Waals surface area (Å²) in [6.45, 7) is 1.79. The van der Waals surface area contributed by atoms with Gasteiger partial charge in [0.25, 0.3) is 11.5 Å². The van der Waals surface area contributed by atoms with Crippen LogP contribution < -0.4 is 10.9 Å². The molecule has 1 amide bonds. The van der Waals surface area contributed by atoms with E-state index < -0.39 is 12.1 Å². The predicted octanol–water partition coefficient (Wildman–Crippen LogP) is 2.35. The van der Waals surface area contributed by atoms with Gasteiger partial charge in [0.15, 0.2) is 11.9 Å². The average molecular weight is 365 g/mol. The highest BCUT2D eigenvalue weighted by atomic mass is 16.5. The number of aromatic amines is 1. The first kappa shape index (κ1) is 18.3. The zero-order chi connectivity index (χ0) is 19.2. The van der Waals surface area contributed by atoms with Gasteiger partial charge in [-0.15, -0.1) is 0 Å². The molecule has 1 heterocycles. The Morgan fingerprint density at radius 1 is 1.11 bits per heavy atom. The first-order valence-corrected chi connectivity index (χ1v) is 8.56. The third kappa shape index (κ3) is 4.58. The molecule has 0 saturated carbocycles. The van der Waals surface area contributed by atoms with E-state index in [0.29, 0.717) is 16.5 Å². The monoisotopic (exact) mass is 365 g/mol. The molecule has 0 bridgehead atoms. The Balaban J connectivity index is 1.55. The van der Waals surface area contributed by atoms with Gasteiger partial charge in [0.1, 0.15) is 0 Å². The molecule has 3 rings (SSSR count). The molecule has 2 N–H and O–H groups in total. The first-order valence-electron chi connectivity index (χ1n) is 8.56. The van der Waals surface area contributed by atoms with Gasteiger partial charge >= 0.3 is 5.97 Å². The van der Waals surface area contributed by atoms with E-state index in [1.54, 1.807) is 55.5 Å². The van der Waals surface area contributed by atoms with Gasteiger partial charge in [-0.3, -0.25) is 14.4 Å². The van der Waals surface area contributed by atoms with Crippen LogP contribution in [0.15, 0.2) is 59.4 Å². The summed E-state index contributed by atoms with van der Waals surface area (Å²) in [7, 11) is 0. The molecule has 0 unspecified atom stereocenters. The van der Waals surface area contributed by atoms with Crippen LogP contribution in [-0.4, -0.2) is 28.4 Å². The Kier molecular flexibility index (Phi) is 5.61. The lowest BCUT2D eigenvalue weighted by atomic mass is 10.2. The van der Waals surface area contributed by atoms with Crippen LogP contribution in [0.2, 0.25) is 0 Å². The number of aromatic nitrogens is 2. The summed E-state index contributed by atoms with van der Waals surface area (Å²) in [5.74, 6) is -0.469. The summed E-state index contributed by atoms with van der Waals surface area (Å²) in [6, 6.07) is 15.7. The Morgan fingerprint density at radius 3 is 2.59 bits per heavy atom. The minimum absolute atomic E-state index is 0.0146. The van der Waals surface area contributed by atoms with Crippen LogP contribution in [0.25, 0.3) is 10.9 Å². The topological polar surface area (TPSA) is 101 Å². The van der Waals surface area contributed by atoms with Crippen molar-refractivity contribution in [3.63, 3.8) is 0 Å². The summed E-state index contributed by atoms with van der Waals surface area (Å²) >= 11 is 0. The highest BCUT2D eigenvalue weighted by Crippen LogP contribution is 2.14. The number of nitrogens with zero attached hydrogens (tertiary/aromatic N) is 1. The largest absolute Gasteiger partial charge is 0.454 e. The molecule has 0 fully saturated rings. The number of benzene rings is 2. The maximum atomic E-state index is 12.1. The molecule has 1 aromatic heterocycles. The molecular formula is C20H19N3O4. The molecule has 0 aliphatic carbocycles. The molecule has 138 valence electrons. The smallest absolute Gasteiger partial charge is 0.308 e. The zero-order valence-electron chi connectivity index (χ0n) is 14.8. The Bertz CT molecular complexity index is 1010. The van der Waals surface area contributed by atoms with Gasteiger partial charge in [0.05, 0.1) is 17.3 Å². The van der Waals surface area contributed by atoms with Crippen LogP contribution in [-0.2, 0) is 9.53 Å². The van der Waals surface area contributed by atoms with E-state index in [9.17, 15) is 14.4 Å². The van der Waals surface area contributed by atoms with Crippen LogP contribution in [0, 0.1) is 0 Å². The van der Waals surface area contributed by atoms with Gasteiger partial charge in [-0.1, -0.05) is 30.3 Å². The quantitative estimate of drug-likeness (QED) is 0.653. The van der Waals surface area contributed by atoms with Crippen molar-refractivity contribution in [1.82, 2.24) is 15.3 Å². The van der Waals surface area contributed by atoms with E-state index in [4.69, 9.17) is 4.74 Å². The number of H-pyrrole nitrogens is 1. The summed E-state index contributed by atoms with van der Waals surface area (Å²) in [4.78, 5) is 43.0. The minimum Gasteiger partial charge on any atom is -0.454 e. The number of esters is 1. The normalized spacial score (nSPS) is 11.7. The second-order valence-corrected chi connectivity index (χ2v) is 5.97. The molecule has 0 spiro atoms. The van der Waals surface area contributed by atoms with E-state index >= 15 is 0 Å². The van der Waals surface area contributed by atoms with Gasteiger partial charge in [-0.05, 0) is 31.2 Å². The van der Waals surface area contributed by atoms with Crippen molar-refractivity contribution in [3.05, 3.63) is 76.3 Å². The molecule has 0 saturated heterocycles. The van der Waals surface area contributed by atoms with E-state index in [1.807, 2.05) is 6.07 Å². The van der Waals surface area contributed by atoms with E-state index in [2.05, 4.69) is 15.3 Å². The van der Waals surface area contributed by atoms with Gasteiger partial charge in [0, 0.05) is 12.1 Å². The number of hydrogen-bond acceptors (Lipinski definition) is 5. The summed E-state index contributed by atoms with van der Waals surface area (Å²) < 4.78 is 5.30. The van der Waals surface area contributed by atoms with E-state index in [1.165, 1.54) is 0 Å². The highest BCUT2D eigenvalue weighted by Gasteiger charge is 2.15. The van der Waals surface area contributed by atoms with Crippen molar-refractivity contribution < 1.29 is 14.3 Å². The van der Waals surface area contributed by atoms with Crippen LogP contribution in [0.1, 0.15) is 35.6 Å². The van der Waals surface area contributed by atoms with Crippen LogP contribution >= 0.6 is 0 Å². The van der Waals surface area contributed by atoms with E-state index in [0.717, 1.165) is 0 Å². The van der Waals surface area contributed by atoms with Gasteiger partial charge in [0.2, 0.25) is 0 Å². The molecule has 0 aliphatic rings. The van der Waals surface area contributed by atoms with E-state index in [-0.39, 0.29) is 30.3 Å².